The molecular formula is C19H38Si2. The molecule has 0 saturated heterocycles. The molecule has 1 saturated carbocycles. The van der Waals surface area contributed by atoms with E-state index < -0.39 is 16.1 Å². The maximum atomic E-state index is 2.74. The number of allylic oxidation sites excluding steroid dienone is 2. The predicted molar refractivity (Wildman–Crippen MR) is 103 cm³/mol. The van der Waals surface area contributed by atoms with Gasteiger partial charge in [0.25, 0.3) is 0 Å². The van der Waals surface area contributed by atoms with Gasteiger partial charge in [-0.05, 0) is 41.7 Å². The highest BCUT2D eigenvalue weighted by atomic mass is 28.3. The molecule has 21 heavy (non-hydrogen) atoms. The van der Waals surface area contributed by atoms with Crippen molar-refractivity contribution in [2.45, 2.75) is 89.9 Å². The van der Waals surface area contributed by atoms with Gasteiger partial charge in [0, 0.05) is 16.1 Å². The molecule has 2 rings (SSSR count). The molecule has 0 bridgehead atoms. The van der Waals surface area contributed by atoms with Gasteiger partial charge in [-0.25, -0.2) is 0 Å². The zero-order valence-electron chi connectivity index (χ0n) is 15.8. The Morgan fingerprint density at radius 3 is 1.67 bits per heavy atom. The summed E-state index contributed by atoms with van der Waals surface area (Å²) in [6, 6.07) is 0. The average Bonchev–Trinajstić information content (AvgIpc) is 2.93. The molecule has 2 aliphatic carbocycles. The van der Waals surface area contributed by atoms with Crippen molar-refractivity contribution >= 4 is 16.1 Å². The molecule has 0 amide bonds. The van der Waals surface area contributed by atoms with Gasteiger partial charge in [0.2, 0.25) is 0 Å². The molecule has 2 aliphatic rings. The quantitative estimate of drug-likeness (QED) is 0.394. The van der Waals surface area contributed by atoms with Crippen LogP contribution in [0.15, 0.2) is 11.6 Å². The highest BCUT2D eigenvalue weighted by Gasteiger charge is 2.50. The standard InChI is InChI=1S/C19H38Si2/c1-14(2)15-9-10-16(13-15)19-17(20(3,4)5)11-12-18(19)21(6,7)8/h13-14,16-19H,9-12H2,1-8H3. The van der Waals surface area contributed by atoms with Crippen molar-refractivity contribution in [2.75, 3.05) is 0 Å². The molecule has 0 heterocycles. The van der Waals surface area contributed by atoms with Crippen molar-refractivity contribution < 1.29 is 0 Å². The fourth-order valence-electron chi connectivity index (χ4n) is 5.20. The van der Waals surface area contributed by atoms with Gasteiger partial charge in [-0.3, -0.25) is 0 Å². The van der Waals surface area contributed by atoms with Crippen molar-refractivity contribution in [1.29, 1.82) is 0 Å². The zero-order valence-corrected chi connectivity index (χ0v) is 17.8. The second kappa shape index (κ2) is 5.99. The summed E-state index contributed by atoms with van der Waals surface area (Å²) in [4.78, 5) is 0. The molecule has 0 aromatic carbocycles. The molecular weight excluding hydrogens is 284 g/mol. The van der Waals surface area contributed by atoms with Crippen LogP contribution in [0, 0.1) is 17.8 Å². The van der Waals surface area contributed by atoms with E-state index in [1.54, 1.807) is 5.57 Å². The third kappa shape index (κ3) is 3.75. The average molecular weight is 323 g/mol. The first kappa shape index (κ1) is 17.5. The number of hydrogen-bond acceptors (Lipinski definition) is 0. The fourth-order valence-corrected chi connectivity index (χ4v) is 10.7. The van der Waals surface area contributed by atoms with Crippen molar-refractivity contribution in [1.82, 2.24) is 0 Å². The summed E-state index contributed by atoms with van der Waals surface area (Å²) in [5.74, 6) is 2.71. The van der Waals surface area contributed by atoms with Gasteiger partial charge < -0.3 is 0 Å². The first-order valence-electron chi connectivity index (χ1n) is 9.22. The third-order valence-electron chi connectivity index (χ3n) is 6.37. The Morgan fingerprint density at radius 2 is 1.33 bits per heavy atom. The predicted octanol–water partition coefficient (Wildman–Crippen LogP) is 6.81. The van der Waals surface area contributed by atoms with Gasteiger partial charge in [0.05, 0.1) is 0 Å². The van der Waals surface area contributed by atoms with E-state index in [9.17, 15) is 0 Å². The molecule has 2 heteroatoms. The SMILES string of the molecule is CC(C)C1=CC(C2C([Si](C)(C)C)CCC2[Si](C)(C)C)CC1. The minimum Gasteiger partial charge on any atom is -0.0817 e. The van der Waals surface area contributed by atoms with Crippen molar-refractivity contribution in [2.24, 2.45) is 17.8 Å². The number of hydrogen-bond donors (Lipinski definition) is 0. The molecule has 122 valence electrons. The summed E-state index contributed by atoms with van der Waals surface area (Å²) in [6.45, 7) is 20.5. The van der Waals surface area contributed by atoms with E-state index in [0.29, 0.717) is 0 Å². The Bertz CT molecular complexity index is 373. The van der Waals surface area contributed by atoms with Gasteiger partial charge >= 0.3 is 0 Å². The van der Waals surface area contributed by atoms with Crippen LogP contribution in [0.25, 0.3) is 0 Å². The Hall–Kier alpha value is 0.174. The highest BCUT2D eigenvalue weighted by Crippen LogP contribution is 2.58. The van der Waals surface area contributed by atoms with Crippen LogP contribution in [0.2, 0.25) is 50.4 Å². The van der Waals surface area contributed by atoms with E-state index in [2.05, 4.69) is 59.2 Å². The second-order valence-corrected chi connectivity index (χ2v) is 21.1. The first-order chi connectivity index (χ1) is 9.51. The molecule has 0 aromatic rings. The summed E-state index contributed by atoms with van der Waals surface area (Å²) in [7, 11) is -2.06. The van der Waals surface area contributed by atoms with Gasteiger partial charge in [-0.2, -0.15) is 0 Å². The largest absolute Gasteiger partial charge is 0.0817 e. The molecule has 0 aromatic heterocycles. The van der Waals surface area contributed by atoms with E-state index in [1.807, 2.05) is 0 Å². The molecule has 0 nitrogen and oxygen atoms in total. The summed E-state index contributed by atoms with van der Waals surface area (Å²) in [5.41, 5.74) is 3.90. The van der Waals surface area contributed by atoms with E-state index in [4.69, 9.17) is 0 Å². The molecule has 0 aliphatic heterocycles. The lowest BCUT2D eigenvalue weighted by atomic mass is 9.89. The Balaban J connectivity index is 2.29. The molecule has 3 atom stereocenters. The molecule has 0 spiro atoms. The summed E-state index contributed by atoms with van der Waals surface area (Å²) in [6.07, 6.45) is 8.66. The van der Waals surface area contributed by atoms with Crippen LogP contribution < -0.4 is 0 Å². The zero-order chi connectivity index (χ0) is 16.0. The van der Waals surface area contributed by atoms with Gasteiger partial charge in [-0.1, -0.05) is 77.6 Å². The number of rotatable bonds is 4. The molecule has 1 fully saturated rings. The summed E-state index contributed by atoms with van der Waals surface area (Å²) < 4.78 is 0. The van der Waals surface area contributed by atoms with Gasteiger partial charge in [0.1, 0.15) is 0 Å². The Kier molecular flexibility index (Phi) is 5.00. The van der Waals surface area contributed by atoms with E-state index in [-0.39, 0.29) is 0 Å². The maximum Gasteiger partial charge on any atom is 0.0476 e. The van der Waals surface area contributed by atoms with Crippen LogP contribution in [-0.4, -0.2) is 16.1 Å². The third-order valence-corrected chi connectivity index (χ3v) is 12.2. The van der Waals surface area contributed by atoms with Gasteiger partial charge in [0.15, 0.2) is 0 Å². The highest BCUT2D eigenvalue weighted by molar-refractivity contribution is 6.79. The molecule has 0 radical (unpaired) electrons. The summed E-state index contributed by atoms with van der Waals surface area (Å²) in [5, 5.41) is 0. The van der Waals surface area contributed by atoms with Crippen LogP contribution in [0.3, 0.4) is 0 Å². The lowest BCUT2D eigenvalue weighted by molar-refractivity contribution is 0.388. The lowest BCUT2D eigenvalue weighted by Crippen LogP contribution is -2.39. The van der Waals surface area contributed by atoms with Crippen LogP contribution in [0.5, 0.6) is 0 Å². The molecule has 3 unspecified atom stereocenters. The van der Waals surface area contributed by atoms with E-state index in [0.717, 1.165) is 28.8 Å². The van der Waals surface area contributed by atoms with E-state index in [1.165, 1.54) is 25.7 Å². The summed E-state index contributed by atoms with van der Waals surface area (Å²) >= 11 is 0. The van der Waals surface area contributed by atoms with Crippen LogP contribution in [-0.2, 0) is 0 Å². The topological polar surface area (TPSA) is 0 Å². The lowest BCUT2D eigenvalue weighted by Gasteiger charge is -2.40. The Morgan fingerprint density at radius 1 is 0.857 bits per heavy atom. The van der Waals surface area contributed by atoms with Crippen molar-refractivity contribution in [3.8, 4) is 0 Å². The second-order valence-electron chi connectivity index (χ2n) is 10.2. The molecule has 0 N–H and O–H groups in total. The van der Waals surface area contributed by atoms with E-state index >= 15 is 0 Å². The normalized spacial score (nSPS) is 34.6. The van der Waals surface area contributed by atoms with Gasteiger partial charge in [-0.15, -0.1) is 0 Å². The van der Waals surface area contributed by atoms with Crippen LogP contribution in [0.4, 0.5) is 0 Å². The fraction of sp³-hybridized carbons (Fsp3) is 0.895. The van der Waals surface area contributed by atoms with Crippen molar-refractivity contribution in [3.63, 3.8) is 0 Å². The minimum absolute atomic E-state index is 0.770. The minimum atomic E-state index is -1.03. The van der Waals surface area contributed by atoms with Crippen molar-refractivity contribution in [3.05, 3.63) is 11.6 Å². The first-order valence-corrected chi connectivity index (χ1v) is 16.4. The van der Waals surface area contributed by atoms with Crippen LogP contribution in [0.1, 0.15) is 39.5 Å². The Labute approximate surface area is 135 Å². The smallest absolute Gasteiger partial charge is 0.0476 e. The van der Waals surface area contributed by atoms with Crippen LogP contribution >= 0.6 is 0 Å². The monoisotopic (exact) mass is 322 g/mol. The maximum absolute atomic E-state index is 2.74.